The van der Waals surface area contributed by atoms with E-state index in [1.165, 1.54) is 13.8 Å². The van der Waals surface area contributed by atoms with Crippen LogP contribution in [0.3, 0.4) is 0 Å². The maximum Gasteiger partial charge on any atom is 0.326 e. The smallest absolute Gasteiger partial charge is 0.326 e. The molecule has 264 valence electrons. The van der Waals surface area contributed by atoms with Gasteiger partial charge in [0.25, 0.3) is 0 Å². The fourth-order valence-corrected chi connectivity index (χ4v) is 3.96. The van der Waals surface area contributed by atoms with Crippen molar-refractivity contribution in [3.05, 3.63) is 0 Å². The van der Waals surface area contributed by atoms with Crippen molar-refractivity contribution >= 4 is 41.5 Å². The van der Waals surface area contributed by atoms with E-state index in [-0.39, 0.29) is 19.3 Å². The first-order chi connectivity index (χ1) is 21.4. The van der Waals surface area contributed by atoms with Crippen molar-refractivity contribution in [1.29, 1.82) is 0 Å². The molecule has 0 bridgehead atoms. The fourth-order valence-electron chi connectivity index (χ4n) is 3.96. The maximum absolute atomic E-state index is 12.7. The lowest BCUT2D eigenvalue weighted by Gasteiger charge is -2.34. The Morgan fingerprint density at radius 2 is 1.35 bits per heavy atom. The summed E-state index contributed by atoms with van der Waals surface area (Å²) < 4.78 is 5.46. The molecule has 0 aliphatic heterocycles. The van der Waals surface area contributed by atoms with E-state index in [0.29, 0.717) is 0 Å². The highest BCUT2D eigenvalue weighted by Gasteiger charge is 2.37. The molecule has 20 heteroatoms. The zero-order valence-corrected chi connectivity index (χ0v) is 25.7. The first-order valence-electron chi connectivity index (χ1n) is 14.3. The second kappa shape index (κ2) is 21.0. The van der Waals surface area contributed by atoms with Gasteiger partial charge in [-0.1, -0.05) is 0 Å². The predicted molar refractivity (Wildman–Crippen MR) is 155 cm³/mol. The SMILES string of the molecule is CC(=O)NC(CO)C(O[C@H](C)C(=O)N[C@@H](C)C(=O)N[C@H](CCC(=O)N[C@@H](CCC[C@@H](N)C(N)=O)C(=O)O)C(=O)O)C(O)C(O)CO. The molecule has 0 radical (unpaired) electrons. The zero-order chi connectivity index (χ0) is 35.7. The number of hydrogen-bond donors (Lipinski definition) is 12. The van der Waals surface area contributed by atoms with Gasteiger partial charge in [-0.25, -0.2) is 9.59 Å². The average molecular weight is 667 g/mol. The van der Waals surface area contributed by atoms with Crippen LogP contribution in [0.25, 0.3) is 0 Å². The molecule has 20 nitrogen and oxygen atoms in total. The Balaban J connectivity index is 5.23. The van der Waals surface area contributed by atoms with Crippen LogP contribution in [0.5, 0.6) is 0 Å². The Morgan fingerprint density at radius 3 is 1.83 bits per heavy atom. The number of hydrogen-bond acceptors (Lipinski definition) is 13. The lowest BCUT2D eigenvalue weighted by molar-refractivity contribution is -0.158. The lowest BCUT2D eigenvalue weighted by atomic mass is 10.0. The highest BCUT2D eigenvalue weighted by Crippen LogP contribution is 2.13. The molecule has 0 spiro atoms. The minimum atomic E-state index is -1.87. The van der Waals surface area contributed by atoms with Crippen LogP contribution in [-0.2, 0) is 38.3 Å². The predicted octanol–water partition coefficient (Wildman–Crippen LogP) is -5.62. The summed E-state index contributed by atoms with van der Waals surface area (Å²) in [5.74, 6) is -7.09. The van der Waals surface area contributed by atoms with Gasteiger partial charge in [0, 0.05) is 13.3 Å². The number of nitrogens with two attached hydrogens (primary N) is 2. The Morgan fingerprint density at radius 1 is 0.783 bits per heavy atom. The molecule has 0 aliphatic rings. The summed E-state index contributed by atoms with van der Waals surface area (Å²) in [6.07, 6.45) is -7.54. The van der Waals surface area contributed by atoms with Gasteiger partial charge in [-0.15, -0.1) is 0 Å². The third kappa shape index (κ3) is 15.4. The Labute approximate surface area is 264 Å². The molecular formula is C26H46N6O14. The molecule has 0 aromatic rings. The zero-order valence-electron chi connectivity index (χ0n) is 25.7. The molecule has 0 saturated carbocycles. The molecular weight excluding hydrogens is 620 g/mol. The minimum absolute atomic E-state index is 0.0807. The number of nitrogens with one attached hydrogen (secondary N) is 4. The van der Waals surface area contributed by atoms with Gasteiger partial charge in [0.05, 0.1) is 25.3 Å². The van der Waals surface area contributed by atoms with Crippen molar-refractivity contribution in [1.82, 2.24) is 21.3 Å². The summed E-state index contributed by atoms with van der Waals surface area (Å²) in [6, 6.07) is -6.65. The molecule has 4 unspecified atom stereocenters. The second-order valence-corrected chi connectivity index (χ2v) is 10.5. The quantitative estimate of drug-likeness (QED) is 0.0483. The number of rotatable bonds is 23. The number of carboxylic acid groups (broad SMARTS) is 2. The molecule has 0 rings (SSSR count). The van der Waals surface area contributed by atoms with E-state index in [9.17, 15) is 64.2 Å². The molecule has 0 heterocycles. The van der Waals surface area contributed by atoms with E-state index in [2.05, 4.69) is 21.3 Å². The molecule has 0 fully saturated rings. The molecule has 0 aliphatic carbocycles. The number of ether oxygens (including phenoxy) is 1. The molecule has 14 N–H and O–H groups in total. The van der Waals surface area contributed by atoms with Gasteiger partial charge < -0.3 is 68.1 Å². The van der Waals surface area contributed by atoms with E-state index in [0.717, 1.165) is 6.92 Å². The number of amides is 5. The van der Waals surface area contributed by atoms with Gasteiger partial charge in [0.1, 0.15) is 42.5 Å². The van der Waals surface area contributed by atoms with Crippen LogP contribution >= 0.6 is 0 Å². The Hall–Kier alpha value is -3.95. The number of aliphatic hydroxyl groups is 4. The summed E-state index contributed by atoms with van der Waals surface area (Å²) in [4.78, 5) is 83.4. The third-order valence-corrected chi connectivity index (χ3v) is 6.66. The molecule has 0 saturated heterocycles. The van der Waals surface area contributed by atoms with E-state index in [1.54, 1.807) is 0 Å². The minimum Gasteiger partial charge on any atom is -0.480 e. The summed E-state index contributed by atoms with van der Waals surface area (Å²) in [5, 5.41) is 66.8. The number of carbonyl (C=O) groups excluding carboxylic acids is 5. The molecule has 0 aromatic heterocycles. The van der Waals surface area contributed by atoms with Gasteiger partial charge in [0.15, 0.2) is 0 Å². The normalized spacial score (nSPS) is 17.0. The van der Waals surface area contributed by atoms with Crippen LogP contribution in [0.15, 0.2) is 0 Å². The van der Waals surface area contributed by atoms with Gasteiger partial charge in [-0.2, -0.15) is 0 Å². The first-order valence-corrected chi connectivity index (χ1v) is 14.3. The van der Waals surface area contributed by atoms with Crippen LogP contribution in [-0.4, -0.2) is 140 Å². The van der Waals surface area contributed by atoms with Crippen LogP contribution in [0.1, 0.15) is 52.9 Å². The van der Waals surface area contributed by atoms with Crippen molar-refractivity contribution in [3.63, 3.8) is 0 Å². The standard InChI is InChI=1S/C26H46N6O14/c1-11(29-24(41)12(2)46-21(20(38)18(36)10-34)17(9-33)30-13(3)35)23(40)32-16(26(44)45)7-8-19(37)31-15(25(42)43)6-4-5-14(27)22(28)39/h11-12,14-18,20-21,33-34,36,38H,4-10,27H2,1-3H3,(H2,28,39)(H,29,41)(H,30,35)(H,31,37)(H,32,40)(H,42,43)(H,44,45)/t11-,12+,14+,15-,16+,17?,18?,20?,21?/m0/s1. The molecule has 46 heavy (non-hydrogen) atoms. The van der Waals surface area contributed by atoms with Gasteiger partial charge >= 0.3 is 11.9 Å². The van der Waals surface area contributed by atoms with Crippen molar-refractivity contribution in [3.8, 4) is 0 Å². The van der Waals surface area contributed by atoms with E-state index in [4.69, 9.17) is 16.2 Å². The van der Waals surface area contributed by atoms with Crippen molar-refractivity contribution in [2.45, 2.75) is 108 Å². The Kier molecular flexibility index (Phi) is 19.2. The highest BCUT2D eigenvalue weighted by molar-refractivity contribution is 5.91. The largest absolute Gasteiger partial charge is 0.480 e. The number of aliphatic carboxylic acids is 2. The van der Waals surface area contributed by atoms with Crippen molar-refractivity contribution < 1.29 is 68.9 Å². The molecule has 5 amide bonds. The summed E-state index contributed by atoms with van der Waals surface area (Å²) in [6.45, 7) is 1.77. The number of carboxylic acids is 2. The fraction of sp³-hybridized carbons (Fsp3) is 0.731. The van der Waals surface area contributed by atoms with Crippen LogP contribution in [0.2, 0.25) is 0 Å². The summed E-state index contributed by atoms with van der Waals surface area (Å²) in [7, 11) is 0. The van der Waals surface area contributed by atoms with Gasteiger partial charge in [-0.3, -0.25) is 24.0 Å². The molecule has 9 atom stereocenters. The van der Waals surface area contributed by atoms with E-state index in [1.807, 2.05) is 0 Å². The second-order valence-electron chi connectivity index (χ2n) is 10.5. The monoisotopic (exact) mass is 666 g/mol. The lowest BCUT2D eigenvalue weighted by Crippen LogP contribution is -2.57. The van der Waals surface area contributed by atoms with Crippen LogP contribution in [0.4, 0.5) is 0 Å². The van der Waals surface area contributed by atoms with E-state index < -0.39 is 122 Å². The number of carbonyl (C=O) groups is 7. The van der Waals surface area contributed by atoms with E-state index >= 15 is 0 Å². The van der Waals surface area contributed by atoms with Gasteiger partial charge in [0.2, 0.25) is 29.5 Å². The number of aliphatic hydroxyl groups excluding tert-OH is 4. The van der Waals surface area contributed by atoms with Crippen LogP contribution in [0, 0.1) is 0 Å². The van der Waals surface area contributed by atoms with Crippen molar-refractivity contribution in [2.24, 2.45) is 11.5 Å². The first kappa shape index (κ1) is 42.0. The maximum atomic E-state index is 12.7. The van der Waals surface area contributed by atoms with Gasteiger partial charge in [-0.05, 0) is 39.5 Å². The topological polar surface area (TPSA) is 350 Å². The average Bonchev–Trinajstić information content (AvgIpc) is 2.98. The summed E-state index contributed by atoms with van der Waals surface area (Å²) in [5.41, 5.74) is 10.5. The highest BCUT2D eigenvalue weighted by atomic mass is 16.5. The Bertz CT molecular complexity index is 1060. The van der Waals surface area contributed by atoms with Crippen molar-refractivity contribution in [2.75, 3.05) is 13.2 Å². The molecule has 0 aromatic carbocycles. The summed E-state index contributed by atoms with van der Waals surface area (Å²) >= 11 is 0. The third-order valence-electron chi connectivity index (χ3n) is 6.66. The number of primary amides is 1. The van der Waals surface area contributed by atoms with Crippen LogP contribution < -0.4 is 32.7 Å².